The lowest BCUT2D eigenvalue weighted by molar-refractivity contribution is -0.136. The highest BCUT2D eigenvalue weighted by Crippen LogP contribution is 2.34. The molecule has 2 aromatic rings. The molecule has 3 amide bonds. The van der Waals surface area contributed by atoms with Crippen LogP contribution >= 0.6 is 0 Å². The van der Waals surface area contributed by atoms with E-state index in [2.05, 4.69) is 4.74 Å². The van der Waals surface area contributed by atoms with Crippen LogP contribution in [0.3, 0.4) is 0 Å². The molecule has 0 radical (unpaired) electrons. The number of ether oxygens (including phenoxy) is 2. The molecule has 1 N–H and O–H groups in total. The highest BCUT2D eigenvalue weighted by atomic mass is 19.1. The Balaban J connectivity index is 1.42. The first-order valence-corrected chi connectivity index (χ1v) is 10.0. The third-order valence-corrected chi connectivity index (χ3v) is 5.26. The summed E-state index contributed by atoms with van der Waals surface area (Å²) in [7, 11) is 0. The molecule has 9 heteroatoms. The summed E-state index contributed by atoms with van der Waals surface area (Å²) in [5.41, 5.74) is -0.614. The Morgan fingerprint density at radius 3 is 2.74 bits per heavy atom. The molecule has 2 aromatic carbocycles. The Labute approximate surface area is 214 Å². The van der Waals surface area contributed by atoms with Crippen LogP contribution in [0.2, 0.25) is 0 Å². The molecular formula is C25H26FN3O5. The largest absolute Gasteiger partial charge is 0.488 e. The molecule has 3 heterocycles. The van der Waals surface area contributed by atoms with Gasteiger partial charge in [0.25, 0.3) is 5.91 Å². The molecule has 178 valence electrons. The Hall–Kier alpha value is -3.30. The van der Waals surface area contributed by atoms with E-state index in [9.17, 15) is 14.4 Å². The normalized spacial score (nSPS) is 37.6. The van der Waals surface area contributed by atoms with Crippen molar-refractivity contribution < 1.29 is 46.1 Å². The van der Waals surface area contributed by atoms with E-state index in [1.54, 1.807) is 5.32 Å². The number of nitrogens with zero attached hydrogens (tertiary/aromatic N) is 2. The first kappa shape index (κ1) is 11.9. The van der Waals surface area contributed by atoms with E-state index in [4.69, 9.17) is 22.6 Å². The number of imide groups is 1. The molecule has 0 aromatic heterocycles. The van der Waals surface area contributed by atoms with Gasteiger partial charge in [0.05, 0.1) is 26.5 Å². The third kappa shape index (κ3) is 4.41. The molecule has 3 aliphatic heterocycles. The monoisotopic (exact) mass is 480 g/mol. The van der Waals surface area contributed by atoms with Crippen molar-refractivity contribution in [2.24, 2.45) is 0 Å². The minimum Gasteiger partial charge on any atom is -0.488 e. The van der Waals surface area contributed by atoms with E-state index in [0.717, 1.165) is 6.07 Å². The van der Waals surface area contributed by atoms with Gasteiger partial charge in [0.1, 0.15) is 24.2 Å². The maximum absolute atomic E-state index is 15.7. The Morgan fingerprint density at radius 1 is 1.15 bits per heavy atom. The molecule has 34 heavy (non-hydrogen) atoms. The number of amides is 3. The topological polar surface area (TPSA) is 88.2 Å². The third-order valence-electron chi connectivity index (χ3n) is 5.26. The molecule has 3 aliphatic rings. The number of benzene rings is 2. The molecule has 2 fully saturated rings. The van der Waals surface area contributed by atoms with Gasteiger partial charge in [-0.25, -0.2) is 4.39 Å². The number of hydrogen-bond donors (Lipinski definition) is 1. The average molecular weight is 481 g/mol. The zero-order valence-electron chi connectivity index (χ0n) is 30.4. The smallest absolute Gasteiger partial charge is 0.255 e. The maximum atomic E-state index is 15.7. The van der Waals surface area contributed by atoms with Crippen molar-refractivity contribution in [1.82, 2.24) is 15.1 Å². The molecule has 5 rings (SSSR count). The van der Waals surface area contributed by atoms with Crippen molar-refractivity contribution >= 4 is 17.7 Å². The summed E-state index contributed by atoms with van der Waals surface area (Å²) in [6.45, 7) is -15.3. The van der Waals surface area contributed by atoms with Crippen molar-refractivity contribution in [3.05, 3.63) is 64.5 Å². The van der Waals surface area contributed by atoms with Crippen LogP contribution in [0.4, 0.5) is 4.39 Å². The lowest BCUT2D eigenvalue weighted by atomic mass is 10.0. The Morgan fingerprint density at radius 2 is 1.91 bits per heavy atom. The fourth-order valence-corrected chi connectivity index (χ4v) is 3.66. The van der Waals surface area contributed by atoms with Crippen molar-refractivity contribution in [2.75, 3.05) is 26.1 Å². The molecule has 1 unspecified atom stereocenters. The number of carbonyl (C=O) groups excluding carboxylic acids is 3. The number of nitrogens with one attached hydrogen (secondary N) is 1. The molecule has 0 aliphatic carbocycles. The van der Waals surface area contributed by atoms with Crippen molar-refractivity contribution in [1.29, 1.82) is 0 Å². The first-order chi connectivity index (χ1) is 21.4. The minimum absolute atomic E-state index is 0.0425. The molecule has 0 bridgehead atoms. The Bertz CT molecular complexity index is 1670. The van der Waals surface area contributed by atoms with Gasteiger partial charge in [-0.3, -0.25) is 24.6 Å². The second-order valence-electron chi connectivity index (χ2n) is 7.35. The number of halogens is 1. The lowest BCUT2D eigenvalue weighted by Crippen LogP contribution is -2.52. The fourth-order valence-electron chi connectivity index (χ4n) is 3.66. The molecule has 0 saturated carbocycles. The van der Waals surface area contributed by atoms with E-state index < -0.39 is 88.1 Å². The van der Waals surface area contributed by atoms with E-state index in [1.165, 1.54) is 30.3 Å². The molecular weight excluding hydrogens is 441 g/mol. The van der Waals surface area contributed by atoms with Gasteiger partial charge < -0.3 is 14.4 Å². The molecule has 2 saturated heterocycles. The van der Waals surface area contributed by atoms with Crippen molar-refractivity contribution in [3.63, 3.8) is 0 Å². The zero-order valence-corrected chi connectivity index (χ0v) is 17.4. The van der Waals surface area contributed by atoms with Crippen molar-refractivity contribution in [2.45, 2.75) is 38.5 Å². The predicted octanol–water partition coefficient (Wildman–Crippen LogP) is 2.00. The number of morpholine rings is 1. The summed E-state index contributed by atoms with van der Waals surface area (Å²) in [6, 6.07) is 4.50. The van der Waals surface area contributed by atoms with Gasteiger partial charge in [0.15, 0.2) is 0 Å². The summed E-state index contributed by atoms with van der Waals surface area (Å²) in [4.78, 5) is 38.8. The van der Waals surface area contributed by atoms with Crippen LogP contribution in [-0.2, 0) is 34.0 Å². The second-order valence-corrected chi connectivity index (χ2v) is 7.35. The van der Waals surface area contributed by atoms with E-state index in [-0.39, 0.29) is 32.9 Å². The molecule has 0 spiro atoms. The molecule has 8 nitrogen and oxygen atoms in total. The molecule has 1 atom stereocenters. The minimum atomic E-state index is -3.49. The van der Waals surface area contributed by atoms with Crippen LogP contribution in [0.1, 0.15) is 57.6 Å². The number of carbonyl (C=O) groups is 3. The summed E-state index contributed by atoms with van der Waals surface area (Å²) < 4.78 is 131. The number of rotatable bonds is 6. The van der Waals surface area contributed by atoms with E-state index in [0.29, 0.717) is 4.90 Å². The Kier molecular flexibility index (Phi) is 3.33. The predicted molar refractivity (Wildman–Crippen MR) is 119 cm³/mol. The number of fused-ring (bicyclic) bond motifs is 1. The van der Waals surface area contributed by atoms with Gasteiger partial charge in [0, 0.05) is 59.1 Å². The van der Waals surface area contributed by atoms with Crippen LogP contribution in [0.25, 0.3) is 0 Å². The highest BCUT2D eigenvalue weighted by Gasteiger charge is 2.40. The second kappa shape index (κ2) is 9.52. The average Bonchev–Trinajstić information content (AvgIpc) is 3.30. The number of piperidine rings is 1. The van der Waals surface area contributed by atoms with E-state index in [1.807, 2.05) is 0 Å². The van der Waals surface area contributed by atoms with Crippen molar-refractivity contribution in [3.8, 4) is 5.75 Å². The van der Waals surface area contributed by atoms with Gasteiger partial charge in [-0.2, -0.15) is 0 Å². The summed E-state index contributed by atoms with van der Waals surface area (Å²) in [5, 5.41) is 1.61. The maximum Gasteiger partial charge on any atom is 0.255 e. The van der Waals surface area contributed by atoms with Gasteiger partial charge in [0.2, 0.25) is 11.8 Å². The number of hydrogen-bond acceptors (Lipinski definition) is 6. The van der Waals surface area contributed by atoms with Gasteiger partial charge >= 0.3 is 0 Å². The fraction of sp³-hybridized carbons (Fsp3) is 0.400. The summed E-state index contributed by atoms with van der Waals surface area (Å²) >= 11 is 0. The van der Waals surface area contributed by atoms with Crippen LogP contribution in [0, 0.1) is 5.82 Å². The summed E-state index contributed by atoms with van der Waals surface area (Å²) in [6.07, 6.45) is -6.86. The lowest BCUT2D eigenvalue weighted by Gasteiger charge is -2.29. The zero-order chi connectivity index (χ0) is 35.3. The van der Waals surface area contributed by atoms with Crippen LogP contribution in [0.5, 0.6) is 5.75 Å². The highest BCUT2D eigenvalue weighted by molar-refractivity contribution is 6.05. The van der Waals surface area contributed by atoms with Crippen LogP contribution in [0.15, 0.2) is 36.4 Å². The van der Waals surface area contributed by atoms with Gasteiger partial charge in [-0.15, -0.1) is 0 Å². The first-order valence-electron chi connectivity index (χ1n) is 16.5. The quantitative estimate of drug-likeness (QED) is 0.637. The van der Waals surface area contributed by atoms with E-state index >= 15 is 4.39 Å². The van der Waals surface area contributed by atoms with Crippen LogP contribution < -0.4 is 10.1 Å². The SMILES string of the molecule is [2H]C1([2H])OC([2H])([2H])C([2H])([2H])N(Cc2cccc(COc3cccc4c3CN(C3([2H])C(=O)NC(=O)C([2H])([2H])C3([2H])[2H])C4=O)c2F)C1([2H])[2H]. The summed E-state index contributed by atoms with van der Waals surface area (Å²) in [5.74, 6) is -5.29. The standard InChI is InChI=1S/C25H26FN3O5/c26-23-16(13-28-9-11-33-12-10-28)3-1-4-17(23)15-34-21-6-2-5-18-19(21)14-29(25(18)32)20-7-8-22(30)27-24(20)31/h1-6,20H,7-15H2,(H,27,30,31)/i7D2,8D2,9D2,10D2,11D2,12D2,20D. The van der Waals surface area contributed by atoms with Gasteiger partial charge in [-0.05, 0) is 18.5 Å². The van der Waals surface area contributed by atoms with Crippen LogP contribution in [-0.4, -0.2) is 59.7 Å². The van der Waals surface area contributed by atoms with Gasteiger partial charge in [-0.1, -0.05) is 24.3 Å².